The van der Waals surface area contributed by atoms with E-state index in [0.717, 1.165) is 16.3 Å². The summed E-state index contributed by atoms with van der Waals surface area (Å²) in [6, 6.07) is 11.0. The molecule has 0 saturated heterocycles. The maximum atomic E-state index is 13.5. The van der Waals surface area contributed by atoms with Gasteiger partial charge in [0.25, 0.3) is 5.91 Å². The molecule has 0 spiro atoms. The lowest BCUT2D eigenvalue weighted by Gasteiger charge is -2.18. The van der Waals surface area contributed by atoms with Crippen LogP contribution in [0, 0.1) is 0 Å². The number of amides is 1. The van der Waals surface area contributed by atoms with Crippen LogP contribution in [0.15, 0.2) is 48.4 Å². The van der Waals surface area contributed by atoms with Crippen molar-refractivity contribution in [3.8, 4) is 0 Å². The number of aromatic nitrogens is 1. The van der Waals surface area contributed by atoms with Gasteiger partial charge in [-0.05, 0) is 36.1 Å². The highest BCUT2D eigenvalue weighted by Crippen LogP contribution is 2.44. The number of anilines is 2. The molecule has 2 heterocycles. The van der Waals surface area contributed by atoms with E-state index in [4.69, 9.17) is 10.5 Å². The van der Waals surface area contributed by atoms with E-state index in [2.05, 4.69) is 4.98 Å². The number of aliphatic hydroxyl groups excluding tert-OH is 3. The Morgan fingerprint density at radius 1 is 1.31 bits per heavy atom. The number of H-pyrrole nitrogens is 1. The first-order chi connectivity index (χ1) is 15.4. The van der Waals surface area contributed by atoms with Crippen LogP contribution in [0.1, 0.15) is 40.2 Å². The van der Waals surface area contributed by atoms with E-state index in [-0.39, 0.29) is 36.4 Å². The van der Waals surface area contributed by atoms with Crippen molar-refractivity contribution in [3.05, 3.63) is 70.9 Å². The fourth-order valence-corrected chi connectivity index (χ4v) is 4.21. The highest BCUT2D eigenvalue weighted by atomic mass is 16.5. The number of aromatic amines is 1. The van der Waals surface area contributed by atoms with Crippen molar-refractivity contribution in [2.75, 3.05) is 30.9 Å². The molecule has 0 bridgehead atoms. The van der Waals surface area contributed by atoms with Crippen molar-refractivity contribution >= 4 is 39.9 Å². The average Bonchev–Trinajstić information content (AvgIpc) is 3.39. The summed E-state index contributed by atoms with van der Waals surface area (Å²) in [7, 11) is 1.51. The smallest absolute Gasteiger partial charge is 0.274 e. The quantitative estimate of drug-likeness (QED) is 0.305. The molecule has 4 rings (SSSR count). The van der Waals surface area contributed by atoms with Gasteiger partial charge in [-0.25, -0.2) is 0 Å². The molecule has 2 aromatic carbocycles. The molecular formula is C24H25N3O5. The molecule has 1 atom stereocenters. The average molecular weight is 435 g/mol. The fraction of sp³-hybridized carbons (Fsp3) is 0.208. The minimum Gasteiger partial charge on any atom is -0.512 e. The maximum Gasteiger partial charge on any atom is 0.274 e. The molecule has 1 amide bonds. The van der Waals surface area contributed by atoms with Crippen LogP contribution < -0.4 is 10.6 Å². The van der Waals surface area contributed by atoms with Crippen LogP contribution in [-0.2, 0) is 4.74 Å². The first-order valence-corrected chi connectivity index (χ1v) is 10.1. The molecular weight excluding hydrogens is 410 g/mol. The molecule has 166 valence electrons. The highest BCUT2D eigenvalue weighted by Gasteiger charge is 2.35. The van der Waals surface area contributed by atoms with Crippen LogP contribution in [0.25, 0.3) is 22.6 Å². The third-order valence-corrected chi connectivity index (χ3v) is 5.80. The Bertz CT molecular complexity index is 1260. The summed E-state index contributed by atoms with van der Waals surface area (Å²) in [5, 5.41) is 31.2. The highest BCUT2D eigenvalue weighted by molar-refractivity contribution is 6.11. The number of nitrogens with zero attached hydrogens (tertiary/aromatic N) is 1. The number of allylic oxidation sites excluding steroid dienone is 1. The number of nitrogens with one attached hydrogen (secondary N) is 1. The summed E-state index contributed by atoms with van der Waals surface area (Å²) in [5.41, 5.74) is 9.22. The van der Waals surface area contributed by atoms with Gasteiger partial charge in [0.05, 0.1) is 30.9 Å². The van der Waals surface area contributed by atoms with Gasteiger partial charge in [0.1, 0.15) is 12.0 Å². The lowest BCUT2D eigenvalue weighted by Crippen LogP contribution is -2.30. The fourth-order valence-electron chi connectivity index (χ4n) is 4.21. The maximum absolute atomic E-state index is 13.5. The third-order valence-electron chi connectivity index (χ3n) is 5.80. The lowest BCUT2D eigenvalue weighted by molar-refractivity contribution is 0.0982. The Hall–Kier alpha value is -3.91. The molecule has 0 radical (unpaired) electrons. The predicted molar refractivity (Wildman–Crippen MR) is 125 cm³/mol. The van der Waals surface area contributed by atoms with E-state index in [1.807, 2.05) is 24.3 Å². The Morgan fingerprint density at radius 2 is 2.03 bits per heavy atom. The summed E-state index contributed by atoms with van der Waals surface area (Å²) in [4.78, 5) is 18.0. The van der Waals surface area contributed by atoms with E-state index in [1.165, 1.54) is 7.11 Å². The number of ether oxygens (including phenoxy) is 1. The number of carbonyl (C=O) groups excluding carboxylic acids is 1. The third kappa shape index (κ3) is 3.44. The SMILES string of the molecule is CO/C(C)=C/c1cc(C(=O)N2CC(CO)c3c2cc(N)c2ccccc32)[nH]c1/C(O)=C/O. The van der Waals surface area contributed by atoms with E-state index < -0.39 is 5.76 Å². The molecule has 0 fully saturated rings. The van der Waals surface area contributed by atoms with Crippen LogP contribution in [0.4, 0.5) is 11.4 Å². The van der Waals surface area contributed by atoms with Gasteiger partial charge in [0, 0.05) is 29.1 Å². The number of fused-ring (bicyclic) bond motifs is 3. The van der Waals surface area contributed by atoms with Gasteiger partial charge in [0.15, 0.2) is 5.76 Å². The first-order valence-electron chi connectivity index (χ1n) is 10.1. The van der Waals surface area contributed by atoms with Gasteiger partial charge < -0.3 is 35.7 Å². The number of rotatable bonds is 5. The Labute approximate surface area is 184 Å². The number of methoxy groups -OCH3 is 1. The van der Waals surface area contributed by atoms with E-state index in [0.29, 0.717) is 29.0 Å². The number of benzene rings is 2. The molecule has 8 heteroatoms. The molecule has 1 aliphatic rings. The number of hydrogen-bond acceptors (Lipinski definition) is 6. The van der Waals surface area contributed by atoms with E-state index >= 15 is 0 Å². The van der Waals surface area contributed by atoms with Crippen molar-refractivity contribution < 1.29 is 24.9 Å². The van der Waals surface area contributed by atoms with Crippen molar-refractivity contribution in [2.24, 2.45) is 0 Å². The summed E-state index contributed by atoms with van der Waals surface area (Å²) < 4.78 is 5.17. The number of aliphatic hydroxyl groups is 3. The second kappa shape index (κ2) is 8.32. The number of hydrogen-bond donors (Lipinski definition) is 5. The minimum atomic E-state index is -0.413. The molecule has 0 aliphatic carbocycles. The largest absolute Gasteiger partial charge is 0.512 e. The second-order valence-corrected chi connectivity index (χ2v) is 7.73. The summed E-state index contributed by atoms with van der Waals surface area (Å²) in [6.45, 7) is 1.90. The first kappa shape index (κ1) is 21.3. The van der Waals surface area contributed by atoms with Gasteiger partial charge in [-0.3, -0.25) is 4.79 Å². The van der Waals surface area contributed by atoms with E-state index in [9.17, 15) is 20.1 Å². The molecule has 1 aromatic heterocycles. The monoisotopic (exact) mass is 435 g/mol. The van der Waals surface area contributed by atoms with Crippen LogP contribution in [0.2, 0.25) is 0 Å². The summed E-state index contributed by atoms with van der Waals surface area (Å²) in [5.74, 6) is -0.459. The second-order valence-electron chi connectivity index (χ2n) is 7.73. The molecule has 3 aromatic rings. The molecule has 0 saturated carbocycles. The van der Waals surface area contributed by atoms with Crippen molar-refractivity contribution in [3.63, 3.8) is 0 Å². The molecule has 6 N–H and O–H groups in total. The number of carbonyl (C=O) groups is 1. The molecule has 1 aliphatic heterocycles. The van der Waals surface area contributed by atoms with Crippen molar-refractivity contribution in [2.45, 2.75) is 12.8 Å². The van der Waals surface area contributed by atoms with Crippen molar-refractivity contribution in [1.82, 2.24) is 4.98 Å². The number of nitrogen functional groups attached to an aromatic ring is 1. The normalized spacial score (nSPS) is 16.5. The minimum absolute atomic E-state index is 0.115. The van der Waals surface area contributed by atoms with Crippen LogP contribution in [0.5, 0.6) is 0 Å². The summed E-state index contributed by atoms with van der Waals surface area (Å²) in [6.07, 6.45) is 2.20. The molecule has 8 nitrogen and oxygen atoms in total. The van der Waals surface area contributed by atoms with Crippen LogP contribution in [0.3, 0.4) is 0 Å². The molecule has 1 unspecified atom stereocenters. The van der Waals surface area contributed by atoms with Gasteiger partial charge in [-0.15, -0.1) is 0 Å². The number of nitrogens with two attached hydrogens (primary N) is 1. The Kier molecular flexibility index (Phi) is 5.54. The van der Waals surface area contributed by atoms with Gasteiger partial charge in [0.2, 0.25) is 0 Å². The van der Waals surface area contributed by atoms with Gasteiger partial charge in [-0.1, -0.05) is 24.3 Å². The Morgan fingerprint density at radius 3 is 2.69 bits per heavy atom. The standard InChI is InChI=1S/C24H25N3O5/c1-13(32-2)7-14-8-19(26-23(14)21(30)12-29)24(31)27-10-15(11-28)22-17-6-4-3-5-16(17)18(25)9-20(22)27/h3-9,12,15,26,28-30H,10-11,25H2,1-2H3/b13-7+,21-12-. The zero-order valence-corrected chi connectivity index (χ0v) is 17.8. The van der Waals surface area contributed by atoms with E-state index in [1.54, 1.807) is 30.0 Å². The zero-order chi connectivity index (χ0) is 23.0. The summed E-state index contributed by atoms with van der Waals surface area (Å²) >= 11 is 0. The van der Waals surface area contributed by atoms with Gasteiger partial charge >= 0.3 is 0 Å². The Balaban J connectivity index is 1.82. The predicted octanol–water partition coefficient (Wildman–Crippen LogP) is 3.91. The zero-order valence-electron chi connectivity index (χ0n) is 17.8. The topological polar surface area (TPSA) is 132 Å². The molecule has 32 heavy (non-hydrogen) atoms. The van der Waals surface area contributed by atoms with Crippen LogP contribution >= 0.6 is 0 Å². The van der Waals surface area contributed by atoms with Crippen molar-refractivity contribution in [1.29, 1.82) is 0 Å². The van der Waals surface area contributed by atoms with Gasteiger partial charge in [-0.2, -0.15) is 0 Å². The lowest BCUT2D eigenvalue weighted by atomic mass is 9.94. The van der Waals surface area contributed by atoms with Crippen LogP contribution in [-0.4, -0.2) is 46.5 Å².